The fourth-order valence-electron chi connectivity index (χ4n) is 2.09. The van der Waals surface area contributed by atoms with Gasteiger partial charge in [0.05, 0.1) is 19.0 Å². The Labute approximate surface area is 111 Å². The van der Waals surface area contributed by atoms with E-state index >= 15 is 0 Å². The molecule has 0 bridgehead atoms. The maximum absolute atomic E-state index is 11.9. The van der Waals surface area contributed by atoms with Crippen molar-refractivity contribution in [2.45, 2.75) is 26.3 Å². The van der Waals surface area contributed by atoms with Gasteiger partial charge in [-0.2, -0.15) is 0 Å². The van der Waals surface area contributed by atoms with Gasteiger partial charge in [-0.05, 0) is 24.1 Å². The average Bonchev–Trinajstić information content (AvgIpc) is 2.46. The number of carbonyl (C=O) groups excluding carboxylic acids is 1. The van der Waals surface area contributed by atoms with Crippen LogP contribution in [-0.4, -0.2) is 17.6 Å². The zero-order valence-corrected chi connectivity index (χ0v) is 11.2. The molecular formula is C15H17NO3. The number of fused-ring (bicyclic) bond motifs is 1. The Hall–Kier alpha value is -2.10. The van der Waals surface area contributed by atoms with Gasteiger partial charge < -0.3 is 9.30 Å². The van der Waals surface area contributed by atoms with Crippen LogP contribution in [0.15, 0.2) is 35.3 Å². The normalized spacial score (nSPS) is 10.6. The highest BCUT2D eigenvalue weighted by molar-refractivity contribution is 5.79. The molecule has 0 atom stereocenters. The third kappa shape index (κ3) is 2.84. The Morgan fingerprint density at radius 1 is 1.32 bits per heavy atom. The molecule has 0 unspecified atom stereocenters. The molecule has 1 heterocycles. The van der Waals surface area contributed by atoms with Gasteiger partial charge in [0.2, 0.25) is 0 Å². The van der Waals surface area contributed by atoms with Crippen LogP contribution >= 0.6 is 0 Å². The van der Waals surface area contributed by atoms with Crippen LogP contribution in [0, 0.1) is 0 Å². The van der Waals surface area contributed by atoms with Gasteiger partial charge in [-0.15, -0.1) is 0 Å². The number of aromatic nitrogens is 1. The summed E-state index contributed by atoms with van der Waals surface area (Å²) in [6, 6.07) is 7.41. The van der Waals surface area contributed by atoms with E-state index in [1.54, 1.807) is 12.3 Å². The summed E-state index contributed by atoms with van der Waals surface area (Å²) < 4.78 is 6.54. The molecule has 0 fully saturated rings. The van der Waals surface area contributed by atoms with Crippen molar-refractivity contribution in [2.75, 3.05) is 7.11 Å². The Bertz CT molecular complexity index is 658. The second kappa shape index (κ2) is 5.69. The third-order valence-corrected chi connectivity index (χ3v) is 3.23. The van der Waals surface area contributed by atoms with E-state index in [0.29, 0.717) is 18.4 Å². The molecule has 0 amide bonds. The Morgan fingerprint density at radius 2 is 2.11 bits per heavy atom. The van der Waals surface area contributed by atoms with Gasteiger partial charge in [-0.3, -0.25) is 9.59 Å². The van der Waals surface area contributed by atoms with E-state index in [1.165, 1.54) is 7.11 Å². The highest BCUT2D eigenvalue weighted by atomic mass is 16.5. The summed E-state index contributed by atoms with van der Waals surface area (Å²) in [7, 11) is 1.37. The Balaban J connectivity index is 2.43. The summed E-state index contributed by atoms with van der Waals surface area (Å²) >= 11 is 0. The number of pyridine rings is 1. The minimum Gasteiger partial charge on any atom is -0.469 e. The number of aryl methyl sites for hydroxylation is 2. The van der Waals surface area contributed by atoms with Gasteiger partial charge >= 0.3 is 5.97 Å². The van der Waals surface area contributed by atoms with Gasteiger partial charge in [-0.25, -0.2) is 0 Å². The Morgan fingerprint density at radius 3 is 2.79 bits per heavy atom. The van der Waals surface area contributed by atoms with Gasteiger partial charge in [0, 0.05) is 24.2 Å². The topological polar surface area (TPSA) is 48.3 Å². The smallest absolute Gasteiger partial charge is 0.307 e. The molecule has 0 saturated carbocycles. The van der Waals surface area contributed by atoms with Gasteiger partial charge in [0.1, 0.15) is 0 Å². The van der Waals surface area contributed by atoms with Crippen LogP contribution in [0.25, 0.3) is 10.9 Å². The molecule has 1 aromatic carbocycles. The first-order chi connectivity index (χ1) is 9.15. The van der Waals surface area contributed by atoms with Crippen molar-refractivity contribution in [3.8, 4) is 0 Å². The predicted octanol–water partition coefficient (Wildman–Crippen LogP) is 2.13. The molecule has 0 radical (unpaired) electrons. The number of methoxy groups -OCH3 is 1. The molecule has 0 saturated heterocycles. The standard InChI is InChI=1S/C15H17NO3/c1-3-11-4-5-13-12(10-11)14(17)6-8-16(13)9-7-15(18)19-2/h4-6,8,10H,3,7,9H2,1-2H3. The molecule has 0 N–H and O–H groups in total. The average molecular weight is 259 g/mol. The molecule has 19 heavy (non-hydrogen) atoms. The molecule has 2 aromatic rings. The predicted molar refractivity (Wildman–Crippen MR) is 74.2 cm³/mol. The minimum atomic E-state index is -0.253. The van der Waals surface area contributed by atoms with Crippen LogP contribution in [-0.2, 0) is 22.5 Å². The summed E-state index contributed by atoms with van der Waals surface area (Å²) in [6.07, 6.45) is 2.91. The molecule has 4 heteroatoms. The maximum Gasteiger partial charge on any atom is 0.307 e. The zero-order valence-electron chi connectivity index (χ0n) is 11.2. The van der Waals surface area contributed by atoms with Crippen LogP contribution in [0.3, 0.4) is 0 Å². The second-order valence-corrected chi connectivity index (χ2v) is 4.40. The number of hydrogen-bond acceptors (Lipinski definition) is 3. The number of nitrogens with zero attached hydrogens (tertiary/aromatic N) is 1. The first-order valence-corrected chi connectivity index (χ1v) is 6.34. The first kappa shape index (κ1) is 13.3. The van der Waals surface area contributed by atoms with Crippen LogP contribution in [0.4, 0.5) is 0 Å². The summed E-state index contributed by atoms with van der Waals surface area (Å²) in [5, 5.41) is 0.701. The molecule has 0 aliphatic heterocycles. The molecule has 2 rings (SSSR count). The summed E-state index contributed by atoms with van der Waals surface area (Å²) in [5.41, 5.74) is 2.00. The molecule has 0 aliphatic carbocycles. The van der Waals surface area contributed by atoms with E-state index in [-0.39, 0.29) is 11.4 Å². The van der Waals surface area contributed by atoms with Gasteiger partial charge in [0.25, 0.3) is 0 Å². The number of ether oxygens (including phenoxy) is 1. The lowest BCUT2D eigenvalue weighted by Gasteiger charge is -2.10. The highest BCUT2D eigenvalue weighted by Gasteiger charge is 2.06. The second-order valence-electron chi connectivity index (χ2n) is 4.40. The summed E-state index contributed by atoms with van der Waals surface area (Å²) in [4.78, 5) is 23.1. The molecular weight excluding hydrogens is 242 g/mol. The quantitative estimate of drug-likeness (QED) is 0.790. The van der Waals surface area contributed by atoms with Gasteiger partial charge in [-0.1, -0.05) is 13.0 Å². The number of rotatable bonds is 4. The van der Waals surface area contributed by atoms with Crippen molar-refractivity contribution in [3.05, 3.63) is 46.2 Å². The monoisotopic (exact) mass is 259 g/mol. The third-order valence-electron chi connectivity index (χ3n) is 3.23. The number of benzene rings is 1. The minimum absolute atomic E-state index is 0.0135. The van der Waals surface area contributed by atoms with E-state index in [4.69, 9.17) is 0 Å². The zero-order chi connectivity index (χ0) is 13.8. The van der Waals surface area contributed by atoms with Crippen molar-refractivity contribution < 1.29 is 9.53 Å². The van der Waals surface area contributed by atoms with Crippen LogP contribution in [0.2, 0.25) is 0 Å². The SMILES string of the molecule is CCc1ccc2c(c1)c(=O)ccn2CCC(=O)OC. The summed E-state index contributed by atoms with van der Waals surface area (Å²) in [5.74, 6) is -0.253. The number of esters is 1. The molecule has 1 aromatic heterocycles. The van der Waals surface area contributed by atoms with Crippen molar-refractivity contribution in [2.24, 2.45) is 0 Å². The van der Waals surface area contributed by atoms with Crippen molar-refractivity contribution in [1.82, 2.24) is 4.57 Å². The van der Waals surface area contributed by atoms with E-state index in [2.05, 4.69) is 11.7 Å². The lowest BCUT2D eigenvalue weighted by molar-refractivity contribution is -0.140. The van der Waals surface area contributed by atoms with E-state index in [1.807, 2.05) is 22.8 Å². The molecule has 100 valence electrons. The maximum atomic E-state index is 11.9. The lowest BCUT2D eigenvalue weighted by atomic mass is 10.1. The fourth-order valence-corrected chi connectivity index (χ4v) is 2.09. The summed E-state index contributed by atoms with van der Waals surface area (Å²) in [6.45, 7) is 2.56. The molecule has 0 aliphatic rings. The lowest BCUT2D eigenvalue weighted by Crippen LogP contribution is -2.11. The van der Waals surface area contributed by atoms with Crippen molar-refractivity contribution >= 4 is 16.9 Å². The van der Waals surface area contributed by atoms with Gasteiger partial charge in [0.15, 0.2) is 5.43 Å². The fraction of sp³-hybridized carbons (Fsp3) is 0.333. The largest absolute Gasteiger partial charge is 0.469 e. The van der Waals surface area contributed by atoms with Crippen LogP contribution in [0.1, 0.15) is 18.9 Å². The first-order valence-electron chi connectivity index (χ1n) is 6.34. The number of carbonyl (C=O) groups is 1. The van der Waals surface area contributed by atoms with Crippen LogP contribution < -0.4 is 5.43 Å². The highest BCUT2D eigenvalue weighted by Crippen LogP contribution is 2.14. The Kier molecular flexibility index (Phi) is 4.00. The molecule has 0 spiro atoms. The number of hydrogen-bond donors (Lipinski definition) is 0. The van der Waals surface area contributed by atoms with E-state index < -0.39 is 0 Å². The van der Waals surface area contributed by atoms with E-state index in [0.717, 1.165) is 17.5 Å². The van der Waals surface area contributed by atoms with Crippen molar-refractivity contribution in [3.63, 3.8) is 0 Å². The van der Waals surface area contributed by atoms with E-state index in [9.17, 15) is 9.59 Å². The molecule has 4 nitrogen and oxygen atoms in total. The van der Waals surface area contributed by atoms with Crippen molar-refractivity contribution in [1.29, 1.82) is 0 Å². The van der Waals surface area contributed by atoms with Crippen LogP contribution in [0.5, 0.6) is 0 Å².